The normalized spacial score (nSPS) is 24.1. The molecule has 8 heteroatoms. The van der Waals surface area contributed by atoms with Crippen molar-refractivity contribution < 1.29 is 27.4 Å². The third-order valence-corrected chi connectivity index (χ3v) is 7.04. The van der Waals surface area contributed by atoms with Crippen LogP contribution in [0.1, 0.15) is 61.4 Å². The molecule has 1 saturated carbocycles. The molecule has 2 atom stereocenters. The topological polar surface area (TPSA) is 47.6 Å². The molecule has 0 bridgehead atoms. The lowest BCUT2D eigenvalue weighted by atomic mass is 9.86. The molecule has 0 unspecified atom stereocenters. The summed E-state index contributed by atoms with van der Waals surface area (Å²) in [6.07, 6.45) is 2.86. The first kappa shape index (κ1) is 23.4. The van der Waals surface area contributed by atoms with Gasteiger partial charge in [0.1, 0.15) is 5.75 Å². The molecule has 1 saturated heterocycles. The lowest BCUT2D eigenvalue weighted by molar-refractivity contribution is -0.137. The van der Waals surface area contributed by atoms with Crippen molar-refractivity contribution >= 4 is 17.5 Å². The van der Waals surface area contributed by atoms with E-state index in [1.807, 2.05) is 0 Å². The molecule has 4 nitrogen and oxygen atoms in total. The second-order valence-electron chi connectivity index (χ2n) is 8.52. The smallest absolute Gasteiger partial charge is 0.416 e. The summed E-state index contributed by atoms with van der Waals surface area (Å²) in [6.45, 7) is 3.36. The van der Waals surface area contributed by atoms with Gasteiger partial charge in [0.25, 0.3) is 0 Å². The minimum absolute atomic E-state index is 0.0228. The summed E-state index contributed by atoms with van der Waals surface area (Å²) in [6, 6.07) is 2.11. The Kier molecular flexibility index (Phi) is 7.40. The number of thioether (sulfide) groups is 1. The predicted octanol–water partition coefficient (Wildman–Crippen LogP) is 5.34. The van der Waals surface area contributed by atoms with E-state index < -0.39 is 11.7 Å². The number of alkyl halides is 3. The molecule has 1 aliphatic heterocycles. The van der Waals surface area contributed by atoms with Gasteiger partial charge >= 0.3 is 6.18 Å². The van der Waals surface area contributed by atoms with Crippen LogP contribution < -0.4 is 10.1 Å². The maximum absolute atomic E-state index is 13.2. The molecule has 2 fully saturated rings. The van der Waals surface area contributed by atoms with Gasteiger partial charge in [-0.1, -0.05) is 12.8 Å². The Morgan fingerprint density at radius 1 is 1.33 bits per heavy atom. The first-order chi connectivity index (χ1) is 14.2. The number of benzene rings is 1. The number of ether oxygens (including phenoxy) is 2. The van der Waals surface area contributed by atoms with Crippen LogP contribution in [0, 0.1) is 5.92 Å². The number of Topliss-reactive ketones (excluding diaryl/α,β-unsaturated/α-hetero) is 1. The van der Waals surface area contributed by atoms with Gasteiger partial charge in [0.2, 0.25) is 0 Å². The van der Waals surface area contributed by atoms with Gasteiger partial charge in [0, 0.05) is 35.4 Å². The van der Waals surface area contributed by atoms with Crippen LogP contribution in [0.5, 0.6) is 5.75 Å². The molecule has 0 amide bonds. The van der Waals surface area contributed by atoms with Crippen LogP contribution in [0.4, 0.5) is 13.2 Å². The van der Waals surface area contributed by atoms with Crippen LogP contribution in [0.3, 0.4) is 0 Å². The van der Waals surface area contributed by atoms with E-state index in [0.29, 0.717) is 13.2 Å². The van der Waals surface area contributed by atoms with Crippen LogP contribution in [-0.2, 0) is 10.9 Å². The van der Waals surface area contributed by atoms with E-state index in [9.17, 15) is 18.0 Å². The Bertz CT molecular complexity index is 737. The SMILES string of the molecule is COc1cc(C(F)(F)F)cc(SC)c1C(=O)C[C@@H]1COCC[C@H]1NC1(C)CCCC1. The van der Waals surface area contributed by atoms with Crippen molar-refractivity contribution in [1.29, 1.82) is 0 Å². The second-order valence-corrected chi connectivity index (χ2v) is 9.37. The number of ketones is 1. The molecule has 1 aromatic carbocycles. The zero-order valence-corrected chi connectivity index (χ0v) is 18.5. The fourth-order valence-electron chi connectivity index (χ4n) is 4.63. The van der Waals surface area contributed by atoms with E-state index in [1.165, 1.54) is 20.0 Å². The highest BCUT2D eigenvalue weighted by Gasteiger charge is 2.37. The molecule has 1 heterocycles. The Labute approximate surface area is 180 Å². The van der Waals surface area contributed by atoms with Gasteiger partial charge in [-0.15, -0.1) is 11.8 Å². The first-order valence-corrected chi connectivity index (χ1v) is 11.6. The highest BCUT2D eigenvalue weighted by atomic mass is 32.2. The average molecular weight is 446 g/mol. The summed E-state index contributed by atoms with van der Waals surface area (Å²) in [4.78, 5) is 13.5. The summed E-state index contributed by atoms with van der Waals surface area (Å²) < 4.78 is 50.5. The third kappa shape index (κ3) is 5.32. The van der Waals surface area contributed by atoms with Crippen LogP contribution >= 0.6 is 11.8 Å². The number of hydrogen-bond donors (Lipinski definition) is 1. The molecule has 1 aromatic rings. The van der Waals surface area contributed by atoms with Crippen LogP contribution in [0.25, 0.3) is 0 Å². The van der Waals surface area contributed by atoms with Crippen LogP contribution in [0.15, 0.2) is 17.0 Å². The minimum atomic E-state index is -4.50. The summed E-state index contributed by atoms with van der Waals surface area (Å²) in [5, 5.41) is 3.77. The lowest BCUT2D eigenvalue weighted by Crippen LogP contribution is -2.52. The zero-order valence-electron chi connectivity index (χ0n) is 17.7. The molecule has 0 spiro atoms. The van der Waals surface area contributed by atoms with E-state index in [1.54, 1.807) is 6.26 Å². The van der Waals surface area contributed by atoms with E-state index in [-0.39, 0.29) is 45.9 Å². The van der Waals surface area contributed by atoms with Gasteiger partial charge in [0.15, 0.2) is 5.78 Å². The Morgan fingerprint density at radius 2 is 2.03 bits per heavy atom. The van der Waals surface area contributed by atoms with Gasteiger partial charge in [-0.2, -0.15) is 13.2 Å². The van der Waals surface area contributed by atoms with Crippen molar-refractivity contribution in [3.63, 3.8) is 0 Å². The summed E-state index contributed by atoms with van der Waals surface area (Å²) in [5.41, 5.74) is -0.496. The Morgan fingerprint density at radius 3 is 2.63 bits per heavy atom. The van der Waals surface area contributed by atoms with Gasteiger partial charge in [-0.05, 0) is 44.6 Å². The fourth-order valence-corrected chi connectivity index (χ4v) is 5.29. The van der Waals surface area contributed by atoms with Crippen molar-refractivity contribution in [3.05, 3.63) is 23.3 Å². The van der Waals surface area contributed by atoms with E-state index >= 15 is 0 Å². The van der Waals surface area contributed by atoms with Gasteiger partial charge in [0.05, 0.1) is 24.8 Å². The quantitative estimate of drug-likeness (QED) is 0.454. The molecular formula is C22H30F3NO3S. The molecule has 30 heavy (non-hydrogen) atoms. The predicted molar refractivity (Wildman–Crippen MR) is 111 cm³/mol. The average Bonchev–Trinajstić information content (AvgIpc) is 3.13. The summed E-state index contributed by atoms with van der Waals surface area (Å²) in [7, 11) is 1.30. The van der Waals surface area contributed by atoms with Crippen molar-refractivity contribution in [3.8, 4) is 5.75 Å². The molecule has 1 aliphatic carbocycles. The number of carbonyl (C=O) groups excluding carboxylic acids is 1. The molecule has 0 aromatic heterocycles. The van der Waals surface area contributed by atoms with Crippen molar-refractivity contribution in [2.24, 2.45) is 5.92 Å². The number of halogens is 3. The van der Waals surface area contributed by atoms with Crippen LogP contribution in [-0.4, -0.2) is 43.9 Å². The summed E-state index contributed by atoms with van der Waals surface area (Å²) >= 11 is 1.12. The van der Waals surface area contributed by atoms with E-state index in [0.717, 1.165) is 43.2 Å². The zero-order chi connectivity index (χ0) is 21.9. The molecule has 1 N–H and O–H groups in total. The van der Waals surface area contributed by atoms with E-state index in [4.69, 9.17) is 9.47 Å². The molecule has 3 rings (SSSR count). The molecule has 2 aliphatic rings. The first-order valence-electron chi connectivity index (χ1n) is 10.4. The largest absolute Gasteiger partial charge is 0.496 e. The Balaban J connectivity index is 1.83. The van der Waals surface area contributed by atoms with Gasteiger partial charge < -0.3 is 14.8 Å². The minimum Gasteiger partial charge on any atom is -0.496 e. The monoisotopic (exact) mass is 445 g/mol. The van der Waals surface area contributed by atoms with Crippen molar-refractivity contribution in [2.75, 3.05) is 26.6 Å². The Hall–Kier alpha value is -1.25. The lowest BCUT2D eigenvalue weighted by Gasteiger charge is -2.38. The maximum atomic E-state index is 13.2. The fraction of sp³-hybridized carbons (Fsp3) is 0.682. The van der Waals surface area contributed by atoms with Gasteiger partial charge in [-0.3, -0.25) is 4.79 Å². The number of carbonyl (C=O) groups is 1. The van der Waals surface area contributed by atoms with E-state index in [2.05, 4.69) is 12.2 Å². The number of methoxy groups -OCH3 is 1. The molecular weight excluding hydrogens is 415 g/mol. The van der Waals surface area contributed by atoms with Gasteiger partial charge in [-0.25, -0.2) is 0 Å². The maximum Gasteiger partial charge on any atom is 0.416 e. The standard InChI is InChI=1S/C22H30F3NO3S/c1-21(7-4-5-8-21)26-16-6-9-29-13-14(16)10-17(27)20-18(28-2)11-15(22(23,24)25)12-19(20)30-3/h11-12,14,16,26H,4-10,13H2,1-3H3/t14-,16-/m1/s1. The number of nitrogens with one attached hydrogen (secondary N) is 1. The third-order valence-electron chi connectivity index (χ3n) is 6.27. The van der Waals surface area contributed by atoms with Crippen LogP contribution in [0.2, 0.25) is 0 Å². The number of hydrogen-bond acceptors (Lipinski definition) is 5. The highest BCUT2D eigenvalue weighted by molar-refractivity contribution is 7.98. The molecule has 168 valence electrons. The number of rotatable bonds is 7. The highest BCUT2D eigenvalue weighted by Crippen LogP contribution is 2.39. The molecule has 0 radical (unpaired) electrons. The summed E-state index contributed by atoms with van der Waals surface area (Å²) in [5.74, 6) is -0.252. The van der Waals surface area contributed by atoms with Crippen molar-refractivity contribution in [1.82, 2.24) is 5.32 Å². The second kappa shape index (κ2) is 9.49. The van der Waals surface area contributed by atoms with Crippen molar-refractivity contribution in [2.45, 2.75) is 68.1 Å².